The molecule has 0 aliphatic heterocycles. The predicted molar refractivity (Wildman–Crippen MR) is 83.1 cm³/mol. The van der Waals surface area contributed by atoms with Crippen LogP contribution in [0.15, 0.2) is 23.8 Å². The van der Waals surface area contributed by atoms with Crippen LogP contribution in [0.2, 0.25) is 0 Å². The maximum Gasteiger partial charge on any atom is 0.161 e. The fraction of sp³-hybridized carbons (Fsp3) is 0.684. The van der Waals surface area contributed by atoms with E-state index in [9.17, 15) is 14.7 Å². The molecular weight excluding hydrogens is 276 g/mol. The fourth-order valence-electron chi connectivity index (χ4n) is 5.78. The summed E-state index contributed by atoms with van der Waals surface area (Å²) in [7, 11) is 0. The smallest absolute Gasteiger partial charge is 0.161 e. The van der Waals surface area contributed by atoms with E-state index in [4.69, 9.17) is 0 Å². The molecule has 1 N–H and O–H groups in total. The van der Waals surface area contributed by atoms with Crippen LogP contribution >= 0.6 is 0 Å². The van der Waals surface area contributed by atoms with Crippen LogP contribution in [0.25, 0.3) is 0 Å². The molecule has 4 aliphatic carbocycles. The minimum Gasteiger partial charge on any atom is -0.389 e. The zero-order valence-corrected chi connectivity index (χ0v) is 13.4. The average molecular weight is 300 g/mol. The summed E-state index contributed by atoms with van der Waals surface area (Å²) in [5.74, 6) is 0.704. The second-order valence-electron chi connectivity index (χ2n) is 8.20. The second-order valence-corrected chi connectivity index (χ2v) is 8.20. The van der Waals surface area contributed by atoms with Gasteiger partial charge < -0.3 is 5.11 Å². The van der Waals surface area contributed by atoms with Gasteiger partial charge >= 0.3 is 0 Å². The lowest BCUT2D eigenvalue weighted by Crippen LogP contribution is -2.63. The third-order valence-corrected chi connectivity index (χ3v) is 7.42. The van der Waals surface area contributed by atoms with Gasteiger partial charge in [0.15, 0.2) is 11.6 Å². The Morgan fingerprint density at radius 3 is 2.68 bits per heavy atom. The van der Waals surface area contributed by atoms with Crippen LogP contribution in [0.4, 0.5) is 0 Å². The van der Waals surface area contributed by atoms with Crippen molar-refractivity contribution in [3.05, 3.63) is 23.8 Å². The molecule has 0 aromatic carbocycles. The molecule has 3 nitrogen and oxygen atoms in total. The summed E-state index contributed by atoms with van der Waals surface area (Å²) in [5.41, 5.74) is -0.264. The van der Waals surface area contributed by atoms with Gasteiger partial charge in [-0.05, 0) is 56.1 Å². The Balaban J connectivity index is 1.79. The van der Waals surface area contributed by atoms with Crippen molar-refractivity contribution in [2.75, 3.05) is 0 Å². The Morgan fingerprint density at radius 2 is 1.91 bits per heavy atom. The highest BCUT2D eigenvalue weighted by Crippen LogP contribution is 2.65. The molecule has 0 aromatic rings. The first-order chi connectivity index (χ1) is 10.3. The molecule has 0 radical (unpaired) electrons. The Labute approximate surface area is 131 Å². The minimum atomic E-state index is -0.781. The maximum absolute atomic E-state index is 12.3. The largest absolute Gasteiger partial charge is 0.389 e. The van der Waals surface area contributed by atoms with Crippen molar-refractivity contribution < 1.29 is 14.7 Å². The topological polar surface area (TPSA) is 54.4 Å². The molecule has 3 heteroatoms. The number of hydrogen-bond acceptors (Lipinski definition) is 3. The van der Waals surface area contributed by atoms with Gasteiger partial charge in [-0.1, -0.05) is 25.5 Å². The van der Waals surface area contributed by atoms with Crippen molar-refractivity contribution in [1.29, 1.82) is 0 Å². The predicted octanol–water partition coefficient (Wildman–Crippen LogP) is 2.98. The monoisotopic (exact) mass is 300 g/mol. The molecule has 118 valence electrons. The van der Waals surface area contributed by atoms with E-state index in [1.54, 1.807) is 12.2 Å². The second kappa shape index (κ2) is 4.19. The summed E-state index contributed by atoms with van der Waals surface area (Å²) in [6.45, 7) is 4.21. The Hall–Kier alpha value is -1.22. The molecule has 2 fully saturated rings. The van der Waals surface area contributed by atoms with Crippen LogP contribution in [0.3, 0.4) is 0 Å². The summed E-state index contributed by atoms with van der Waals surface area (Å²) < 4.78 is 0. The molecule has 0 spiro atoms. The van der Waals surface area contributed by atoms with E-state index >= 15 is 0 Å². The standard InChI is InChI=1S/C19H24O3/c1-17-9-10-19(22)15(14(17)5-6-16(17)21)4-3-12-11-13(20)7-8-18(12,19)2/h5-6,11,14-15,22H,3-4,7-10H2,1-2H3/t14-,15-,17-,18-,19+/m0/s1. The van der Waals surface area contributed by atoms with Crippen molar-refractivity contribution in [2.24, 2.45) is 22.7 Å². The van der Waals surface area contributed by atoms with Crippen LogP contribution in [0, 0.1) is 22.7 Å². The van der Waals surface area contributed by atoms with Crippen LogP contribution in [0.1, 0.15) is 52.4 Å². The molecule has 0 aromatic heterocycles. The van der Waals surface area contributed by atoms with Crippen molar-refractivity contribution in [3.8, 4) is 0 Å². The van der Waals surface area contributed by atoms with Gasteiger partial charge in [0.1, 0.15) is 0 Å². The molecule has 0 heterocycles. The van der Waals surface area contributed by atoms with Crippen molar-refractivity contribution in [2.45, 2.75) is 58.0 Å². The van der Waals surface area contributed by atoms with Gasteiger partial charge in [0.05, 0.1) is 5.60 Å². The number of rotatable bonds is 0. The summed E-state index contributed by atoms with van der Waals surface area (Å²) in [6, 6.07) is 0. The number of ketones is 2. The van der Waals surface area contributed by atoms with Crippen LogP contribution in [-0.2, 0) is 9.59 Å². The first kappa shape index (κ1) is 14.4. The van der Waals surface area contributed by atoms with Gasteiger partial charge in [0.25, 0.3) is 0 Å². The van der Waals surface area contributed by atoms with E-state index in [2.05, 4.69) is 13.8 Å². The number of hydrogen-bond donors (Lipinski definition) is 1. The molecule has 5 atom stereocenters. The fourth-order valence-corrected chi connectivity index (χ4v) is 5.78. The number of aliphatic hydroxyl groups is 1. The molecule has 0 saturated heterocycles. The molecule has 0 bridgehead atoms. The molecule has 22 heavy (non-hydrogen) atoms. The lowest BCUT2D eigenvalue weighted by atomic mass is 9.45. The highest BCUT2D eigenvalue weighted by Gasteiger charge is 2.64. The Morgan fingerprint density at radius 1 is 1.14 bits per heavy atom. The number of carbonyl (C=O) groups is 2. The van der Waals surface area contributed by atoms with Crippen LogP contribution < -0.4 is 0 Å². The van der Waals surface area contributed by atoms with Crippen LogP contribution in [-0.4, -0.2) is 22.3 Å². The van der Waals surface area contributed by atoms with Gasteiger partial charge in [0.2, 0.25) is 0 Å². The first-order valence-electron chi connectivity index (χ1n) is 8.50. The lowest BCUT2D eigenvalue weighted by Gasteiger charge is -2.61. The third kappa shape index (κ3) is 1.51. The SMILES string of the molecule is C[C@]12CCC(=O)C=C1CC[C@H]1[C@@H]3C=CC(=O)[C@@]3(C)CC[C@@]12O. The Bertz CT molecular complexity index is 631. The first-order valence-corrected chi connectivity index (χ1v) is 8.50. The van der Waals surface area contributed by atoms with Crippen molar-refractivity contribution >= 4 is 11.6 Å². The van der Waals surface area contributed by atoms with E-state index in [1.807, 2.05) is 6.08 Å². The third-order valence-electron chi connectivity index (χ3n) is 7.42. The van der Waals surface area contributed by atoms with E-state index in [0.717, 1.165) is 31.3 Å². The van der Waals surface area contributed by atoms with Crippen LogP contribution in [0.5, 0.6) is 0 Å². The van der Waals surface area contributed by atoms with Gasteiger partial charge in [-0.3, -0.25) is 9.59 Å². The number of fused-ring (bicyclic) bond motifs is 5. The zero-order valence-electron chi connectivity index (χ0n) is 13.4. The summed E-state index contributed by atoms with van der Waals surface area (Å²) in [4.78, 5) is 24.1. The summed E-state index contributed by atoms with van der Waals surface area (Å²) in [5, 5.41) is 11.7. The van der Waals surface area contributed by atoms with E-state index in [-0.39, 0.29) is 34.2 Å². The highest BCUT2D eigenvalue weighted by atomic mass is 16.3. The highest BCUT2D eigenvalue weighted by molar-refractivity contribution is 5.97. The Kier molecular flexibility index (Phi) is 2.74. The zero-order chi connectivity index (χ0) is 15.8. The van der Waals surface area contributed by atoms with Gasteiger partial charge in [-0.2, -0.15) is 0 Å². The molecular formula is C19H24O3. The quantitative estimate of drug-likeness (QED) is 0.748. The average Bonchev–Trinajstić information content (AvgIpc) is 2.77. The van der Waals surface area contributed by atoms with E-state index in [0.29, 0.717) is 12.8 Å². The van der Waals surface area contributed by atoms with Gasteiger partial charge in [-0.15, -0.1) is 0 Å². The maximum atomic E-state index is 12.3. The van der Waals surface area contributed by atoms with E-state index < -0.39 is 5.60 Å². The van der Waals surface area contributed by atoms with Gasteiger partial charge in [0, 0.05) is 17.3 Å². The molecule has 0 unspecified atom stereocenters. The summed E-state index contributed by atoms with van der Waals surface area (Å²) >= 11 is 0. The van der Waals surface area contributed by atoms with E-state index in [1.165, 1.54) is 0 Å². The molecule has 0 amide bonds. The summed E-state index contributed by atoms with van der Waals surface area (Å²) in [6.07, 6.45) is 10.0. The minimum absolute atomic E-state index is 0.129. The number of allylic oxidation sites excluding steroid dienone is 3. The van der Waals surface area contributed by atoms with Gasteiger partial charge in [-0.25, -0.2) is 0 Å². The van der Waals surface area contributed by atoms with Crippen molar-refractivity contribution in [3.63, 3.8) is 0 Å². The molecule has 2 saturated carbocycles. The lowest BCUT2D eigenvalue weighted by molar-refractivity contribution is -0.183. The molecule has 4 aliphatic rings. The molecule has 4 rings (SSSR count). The van der Waals surface area contributed by atoms with Crippen molar-refractivity contribution in [1.82, 2.24) is 0 Å². The number of carbonyl (C=O) groups excluding carboxylic acids is 2. The normalized spacial score (nSPS) is 50.2.